The summed E-state index contributed by atoms with van der Waals surface area (Å²) in [6, 6.07) is 7.61. The summed E-state index contributed by atoms with van der Waals surface area (Å²) in [5, 5.41) is 3.23. The van der Waals surface area contributed by atoms with Gasteiger partial charge in [0.15, 0.2) is 6.10 Å². The van der Waals surface area contributed by atoms with Crippen LogP contribution in [0.25, 0.3) is 0 Å². The second-order valence-corrected chi connectivity index (χ2v) is 3.59. The number of hydrogen-bond donors (Lipinski definition) is 2. The fourth-order valence-electron chi connectivity index (χ4n) is 1.22. The van der Waals surface area contributed by atoms with Gasteiger partial charge in [0.1, 0.15) is 5.75 Å². The van der Waals surface area contributed by atoms with E-state index in [1.54, 1.807) is 6.92 Å². The standard InChI is InChI=1S/C12H18N2O2/c1-3-14-8-10-4-6-11(7-5-10)16-9(2)12(13)15/h4-7,9,14H,3,8H2,1-2H3,(H2,13,15). The van der Waals surface area contributed by atoms with E-state index in [9.17, 15) is 4.79 Å². The van der Waals surface area contributed by atoms with Crippen molar-refractivity contribution in [1.29, 1.82) is 0 Å². The summed E-state index contributed by atoms with van der Waals surface area (Å²) in [5.74, 6) is 0.197. The van der Waals surface area contributed by atoms with Crippen molar-refractivity contribution < 1.29 is 9.53 Å². The molecule has 4 heteroatoms. The second kappa shape index (κ2) is 6.12. The first-order valence-electron chi connectivity index (χ1n) is 5.39. The van der Waals surface area contributed by atoms with E-state index in [0.717, 1.165) is 13.1 Å². The molecular formula is C12H18N2O2. The molecule has 88 valence electrons. The zero-order valence-corrected chi connectivity index (χ0v) is 9.69. The van der Waals surface area contributed by atoms with E-state index < -0.39 is 12.0 Å². The van der Waals surface area contributed by atoms with Gasteiger partial charge in [0, 0.05) is 6.54 Å². The van der Waals surface area contributed by atoms with Gasteiger partial charge in [0.25, 0.3) is 5.91 Å². The molecule has 3 N–H and O–H groups in total. The van der Waals surface area contributed by atoms with Gasteiger partial charge >= 0.3 is 0 Å². The molecule has 1 atom stereocenters. The van der Waals surface area contributed by atoms with Crippen LogP contribution in [0.1, 0.15) is 19.4 Å². The Balaban J connectivity index is 2.54. The Kier molecular flexibility index (Phi) is 4.79. The molecule has 0 saturated carbocycles. The molecule has 1 aromatic rings. The molecule has 1 aromatic carbocycles. The van der Waals surface area contributed by atoms with Crippen LogP contribution in [0.5, 0.6) is 5.75 Å². The fourth-order valence-corrected chi connectivity index (χ4v) is 1.22. The lowest BCUT2D eigenvalue weighted by Gasteiger charge is -2.11. The van der Waals surface area contributed by atoms with Crippen LogP contribution in [0.2, 0.25) is 0 Å². The summed E-state index contributed by atoms with van der Waals surface area (Å²) in [6.45, 7) is 5.47. The predicted octanol–water partition coefficient (Wildman–Crippen LogP) is 1.05. The smallest absolute Gasteiger partial charge is 0.258 e. The molecule has 1 rings (SSSR count). The highest BCUT2D eigenvalue weighted by atomic mass is 16.5. The number of amides is 1. The van der Waals surface area contributed by atoms with Crippen molar-refractivity contribution >= 4 is 5.91 Å². The van der Waals surface area contributed by atoms with Gasteiger partial charge in [-0.1, -0.05) is 19.1 Å². The van der Waals surface area contributed by atoms with Crippen LogP contribution in [0.3, 0.4) is 0 Å². The van der Waals surface area contributed by atoms with Crippen LogP contribution in [0.4, 0.5) is 0 Å². The van der Waals surface area contributed by atoms with Crippen molar-refractivity contribution in [2.24, 2.45) is 5.73 Å². The third-order valence-electron chi connectivity index (χ3n) is 2.22. The molecule has 0 saturated heterocycles. The maximum absolute atomic E-state index is 10.8. The first kappa shape index (κ1) is 12.5. The molecule has 0 bridgehead atoms. The van der Waals surface area contributed by atoms with Crippen LogP contribution in [-0.2, 0) is 11.3 Å². The van der Waals surface area contributed by atoms with E-state index in [2.05, 4.69) is 12.2 Å². The molecule has 0 radical (unpaired) electrons. The monoisotopic (exact) mass is 222 g/mol. The highest BCUT2D eigenvalue weighted by Crippen LogP contribution is 2.13. The molecule has 0 heterocycles. The Morgan fingerprint density at radius 3 is 2.56 bits per heavy atom. The van der Waals surface area contributed by atoms with Gasteiger partial charge in [0.2, 0.25) is 0 Å². The number of carbonyl (C=O) groups is 1. The van der Waals surface area contributed by atoms with Gasteiger partial charge in [-0.25, -0.2) is 0 Å². The predicted molar refractivity (Wildman–Crippen MR) is 63.1 cm³/mol. The van der Waals surface area contributed by atoms with Gasteiger partial charge in [-0.2, -0.15) is 0 Å². The van der Waals surface area contributed by atoms with Crippen molar-refractivity contribution in [2.45, 2.75) is 26.5 Å². The van der Waals surface area contributed by atoms with Crippen molar-refractivity contribution in [3.8, 4) is 5.75 Å². The summed E-state index contributed by atoms with van der Waals surface area (Å²) in [7, 11) is 0. The zero-order chi connectivity index (χ0) is 12.0. The van der Waals surface area contributed by atoms with E-state index in [-0.39, 0.29) is 0 Å². The molecule has 0 aliphatic carbocycles. The van der Waals surface area contributed by atoms with Crippen LogP contribution >= 0.6 is 0 Å². The maximum Gasteiger partial charge on any atom is 0.258 e. The number of benzene rings is 1. The number of nitrogens with two attached hydrogens (primary N) is 1. The Hall–Kier alpha value is -1.55. The molecule has 0 aliphatic heterocycles. The maximum atomic E-state index is 10.8. The van der Waals surface area contributed by atoms with E-state index in [1.807, 2.05) is 24.3 Å². The molecule has 1 unspecified atom stereocenters. The van der Waals surface area contributed by atoms with Crippen molar-refractivity contribution in [3.05, 3.63) is 29.8 Å². The van der Waals surface area contributed by atoms with Crippen LogP contribution < -0.4 is 15.8 Å². The van der Waals surface area contributed by atoms with Gasteiger partial charge in [-0.05, 0) is 31.2 Å². The normalized spacial score (nSPS) is 12.1. The van der Waals surface area contributed by atoms with Gasteiger partial charge in [-0.3, -0.25) is 4.79 Å². The summed E-state index contributed by atoms with van der Waals surface area (Å²) in [6.07, 6.45) is -0.598. The molecule has 0 aromatic heterocycles. The lowest BCUT2D eigenvalue weighted by atomic mass is 10.2. The topological polar surface area (TPSA) is 64.3 Å². The average Bonchev–Trinajstić information content (AvgIpc) is 2.28. The molecule has 4 nitrogen and oxygen atoms in total. The van der Waals surface area contributed by atoms with E-state index in [0.29, 0.717) is 5.75 Å². The number of carbonyl (C=O) groups excluding carboxylic acids is 1. The first-order valence-corrected chi connectivity index (χ1v) is 5.39. The highest BCUT2D eigenvalue weighted by molar-refractivity contribution is 5.78. The summed E-state index contributed by atoms with van der Waals surface area (Å²) in [4.78, 5) is 10.8. The Morgan fingerprint density at radius 1 is 1.44 bits per heavy atom. The number of ether oxygens (including phenoxy) is 1. The van der Waals surface area contributed by atoms with E-state index in [4.69, 9.17) is 10.5 Å². The average molecular weight is 222 g/mol. The largest absolute Gasteiger partial charge is 0.481 e. The molecule has 1 amide bonds. The molecule has 0 fully saturated rings. The van der Waals surface area contributed by atoms with Gasteiger partial charge < -0.3 is 15.8 Å². The Morgan fingerprint density at radius 2 is 2.06 bits per heavy atom. The van der Waals surface area contributed by atoms with E-state index >= 15 is 0 Å². The molecular weight excluding hydrogens is 204 g/mol. The Labute approximate surface area is 95.8 Å². The minimum atomic E-state index is -0.598. The zero-order valence-electron chi connectivity index (χ0n) is 9.69. The summed E-state index contributed by atoms with van der Waals surface area (Å²) in [5.41, 5.74) is 6.29. The Bertz CT molecular complexity index is 335. The third kappa shape index (κ3) is 3.90. The minimum absolute atomic E-state index is 0.461. The van der Waals surface area contributed by atoms with Crippen molar-refractivity contribution in [1.82, 2.24) is 5.32 Å². The number of primary amides is 1. The number of rotatable bonds is 6. The summed E-state index contributed by atoms with van der Waals surface area (Å²) >= 11 is 0. The van der Waals surface area contributed by atoms with Crippen LogP contribution in [0.15, 0.2) is 24.3 Å². The lowest BCUT2D eigenvalue weighted by molar-refractivity contribution is -0.123. The van der Waals surface area contributed by atoms with Crippen LogP contribution in [0, 0.1) is 0 Å². The fraction of sp³-hybridized carbons (Fsp3) is 0.417. The molecule has 0 aliphatic rings. The lowest BCUT2D eigenvalue weighted by Crippen LogP contribution is -2.30. The SMILES string of the molecule is CCNCc1ccc(OC(C)C(N)=O)cc1. The first-order chi connectivity index (χ1) is 7.63. The van der Waals surface area contributed by atoms with E-state index in [1.165, 1.54) is 5.56 Å². The highest BCUT2D eigenvalue weighted by Gasteiger charge is 2.09. The van der Waals surface area contributed by atoms with Crippen molar-refractivity contribution in [3.63, 3.8) is 0 Å². The molecule has 0 spiro atoms. The van der Waals surface area contributed by atoms with Gasteiger partial charge in [-0.15, -0.1) is 0 Å². The molecule has 16 heavy (non-hydrogen) atoms. The third-order valence-corrected chi connectivity index (χ3v) is 2.22. The quantitative estimate of drug-likeness (QED) is 0.756. The second-order valence-electron chi connectivity index (χ2n) is 3.59. The van der Waals surface area contributed by atoms with Gasteiger partial charge in [0.05, 0.1) is 0 Å². The number of hydrogen-bond acceptors (Lipinski definition) is 3. The van der Waals surface area contributed by atoms with Crippen LogP contribution in [-0.4, -0.2) is 18.6 Å². The van der Waals surface area contributed by atoms with Crippen molar-refractivity contribution in [2.75, 3.05) is 6.54 Å². The number of nitrogens with one attached hydrogen (secondary N) is 1. The summed E-state index contributed by atoms with van der Waals surface area (Å²) < 4.78 is 5.34. The minimum Gasteiger partial charge on any atom is -0.481 e.